The van der Waals surface area contributed by atoms with Crippen LogP contribution in [0, 0.1) is 18.8 Å². The molecule has 0 spiro atoms. The second kappa shape index (κ2) is 7.25. The van der Waals surface area contributed by atoms with Crippen molar-refractivity contribution < 1.29 is 0 Å². The van der Waals surface area contributed by atoms with Crippen LogP contribution in [0.1, 0.15) is 44.7 Å². The summed E-state index contributed by atoms with van der Waals surface area (Å²) in [6, 6.07) is 1.95. The number of nitrogens with zero attached hydrogens (tertiary/aromatic N) is 2. The smallest absolute Gasteiger partial charge is 0.188 e. The van der Waals surface area contributed by atoms with Gasteiger partial charge in [0.05, 0.1) is 0 Å². The molecule has 3 nitrogen and oxygen atoms in total. The molecule has 4 heteroatoms. The quantitative estimate of drug-likeness (QED) is 0.839. The Hall–Kier alpha value is -0.610. The van der Waals surface area contributed by atoms with Gasteiger partial charge in [0, 0.05) is 17.1 Å². The molecule has 2 N–H and O–H groups in total. The zero-order chi connectivity index (χ0) is 13.7. The number of aromatic nitrogens is 2. The molecule has 0 aliphatic heterocycles. The number of hydrogen-bond donors (Lipinski definition) is 1. The van der Waals surface area contributed by atoms with Gasteiger partial charge in [-0.1, -0.05) is 37.9 Å². The molecule has 106 valence electrons. The summed E-state index contributed by atoms with van der Waals surface area (Å²) < 4.78 is 0. The Bertz CT molecular complexity index is 397. The number of rotatable bonds is 5. The molecule has 1 aliphatic carbocycles. The fraction of sp³-hybridized carbons (Fsp3) is 0.733. The third kappa shape index (κ3) is 4.18. The molecule has 0 radical (unpaired) electrons. The van der Waals surface area contributed by atoms with E-state index < -0.39 is 0 Å². The van der Waals surface area contributed by atoms with Crippen LogP contribution in [-0.2, 0) is 0 Å². The molecule has 0 saturated heterocycles. The van der Waals surface area contributed by atoms with E-state index in [1.54, 1.807) is 0 Å². The molecular formula is C15H25N3S. The third-order valence-electron chi connectivity index (χ3n) is 4.07. The summed E-state index contributed by atoms with van der Waals surface area (Å²) in [6.07, 6.45) is 8.39. The standard InChI is InChI=1S/C15H25N3S/c1-3-4-12-5-6-13(10-16)14(9-12)19-15-17-8-7-11(2)18-15/h7-8,12-14H,3-6,9-10,16H2,1-2H3. The van der Waals surface area contributed by atoms with Gasteiger partial charge in [-0.05, 0) is 44.2 Å². The van der Waals surface area contributed by atoms with Crippen LogP contribution in [-0.4, -0.2) is 21.8 Å². The highest BCUT2D eigenvalue weighted by atomic mass is 32.2. The van der Waals surface area contributed by atoms with E-state index in [1.807, 2.05) is 30.9 Å². The van der Waals surface area contributed by atoms with Gasteiger partial charge in [-0.3, -0.25) is 0 Å². The summed E-state index contributed by atoms with van der Waals surface area (Å²) in [5.41, 5.74) is 6.99. The van der Waals surface area contributed by atoms with Crippen molar-refractivity contribution in [2.24, 2.45) is 17.6 Å². The van der Waals surface area contributed by atoms with Gasteiger partial charge < -0.3 is 5.73 Å². The van der Waals surface area contributed by atoms with Crippen LogP contribution in [0.4, 0.5) is 0 Å². The van der Waals surface area contributed by atoms with Gasteiger partial charge in [0.25, 0.3) is 0 Å². The van der Waals surface area contributed by atoms with Crippen molar-refractivity contribution in [3.05, 3.63) is 18.0 Å². The van der Waals surface area contributed by atoms with Gasteiger partial charge in [0.15, 0.2) is 5.16 Å². The molecular weight excluding hydrogens is 254 g/mol. The van der Waals surface area contributed by atoms with Crippen molar-refractivity contribution in [2.45, 2.75) is 56.4 Å². The van der Waals surface area contributed by atoms with E-state index in [2.05, 4.69) is 16.9 Å². The van der Waals surface area contributed by atoms with Gasteiger partial charge in [0.2, 0.25) is 0 Å². The van der Waals surface area contributed by atoms with Crippen LogP contribution in [0.3, 0.4) is 0 Å². The Balaban J connectivity index is 2.01. The Morgan fingerprint density at radius 3 is 2.95 bits per heavy atom. The molecule has 0 aromatic carbocycles. The molecule has 2 rings (SSSR count). The first-order chi connectivity index (χ1) is 9.22. The Labute approximate surface area is 120 Å². The summed E-state index contributed by atoms with van der Waals surface area (Å²) in [6.45, 7) is 5.09. The van der Waals surface area contributed by atoms with Crippen molar-refractivity contribution >= 4 is 11.8 Å². The second-order valence-corrected chi connectivity index (χ2v) is 6.81. The van der Waals surface area contributed by atoms with E-state index in [-0.39, 0.29) is 0 Å². The minimum absolute atomic E-state index is 0.595. The highest BCUT2D eigenvalue weighted by Gasteiger charge is 2.30. The first kappa shape index (κ1) is 14.8. The van der Waals surface area contributed by atoms with E-state index in [1.165, 1.54) is 32.1 Å². The molecule has 1 aromatic heterocycles. The summed E-state index contributed by atoms with van der Waals surface area (Å²) >= 11 is 1.84. The maximum Gasteiger partial charge on any atom is 0.188 e. The second-order valence-electron chi connectivity index (χ2n) is 5.60. The Kier molecular flexibility index (Phi) is 5.64. The summed E-state index contributed by atoms with van der Waals surface area (Å²) in [5, 5.41) is 1.51. The lowest BCUT2D eigenvalue weighted by atomic mass is 9.80. The average molecular weight is 279 g/mol. The van der Waals surface area contributed by atoms with Crippen LogP contribution in [0.15, 0.2) is 17.4 Å². The average Bonchev–Trinajstić information content (AvgIpc) is 2.39. The lowest BCUT2D eigenvalue weighted by Gasteiger charge is -2.34. The highest BCUT2D eigenvalue weighted by molar-refractivity contribution is 7.99. The zero-order valence-electron chi connectivity index (χ0n) is 12.0. The minimum atomic E-state index is 0.595. The largest absolute Gasteiger partial charge is 0.330 e. The zero-order valence-corrected chi connectivity index (χ0v) is 12.8. The van der Waals surface area contributed by atoms with Gasteiger partial charge in [-0.15, -0.1) is 0 Å². The number of nitrogens with two attached hydrogens (primary N) is 1. The van der Waals surface area contributed by atoms with Crippen LogP contribution in [0.2, 0.25) is 0 Å². The van der Waals surface area contributed by atoms with Crippen LogP contribution >= 0.6 is 11.8 Å². The molecule has 3 atom stereocenters. The van der Waals surface area contributed by atoms with Crippen molar-refractivity contribution in [2.75, 3.05) is 6.54 Å². The van der Waals surface area contributed by atoms with E-state index in [0.717, 1.165) is 23.3 Å². The molecule has 1 fully saturated rings. The van der Waals surface area contributed by atoms with Crippen molar-refractivity contribution in [3.63, 3.8) is 0 Å². The van der Waals surface area contributed by atoms with Crippen molar-refractivity contribution in [1.82, 2.24) is 9.97 Å². The normalized spacial score (nSPS) is 27.4. The van der Waals surface area contributed by atoms with Crippen molar-refractivity contribution in [3.8, 4) is 0 Å². The van der Waals surface area contributed by atoms with E-state index in [0.29, 0.717) is 11.2 Å². The number of aryl methyl sites for hydroxylation is 1. The van der Waals surface area contributed by atoms with Gasteiger partial charge in [-0.2, -0.15) is 0 Å². The molecule has 1 aliphatic rings. The molecule has 1 aromatic rings. The van der Waals surface area contributed by atoms with E-state index in [4.69, 9.17) is 5.73 Å². The first-order valence-corrected chi connectivity index (χ1v) is 8.27. The molecule has 0 amide bonds. The topological polar surface area (TPSA) is 51.8 Å². The van der Waals surface area contributed by atoms with Crippen LogP contribution < -0.4 is 5.73 Å². The molecule has 1 saturated carbocycles. The lowest BCUT2D eigenvalue weighted by Crippen LogP contribution is -2.32. The Morgan fingerprint density at radius 2 is 2.26 bits per heavy atom. The summed E-state index contributed by atoms with van der Waals surface area (Å²) in [5.74, 6) is 1.50. The Morgan fingerprint density at radius 1 is 1.42 bits per heavy atom. The predicted octanol–water partition coefficient (Wildman–Crippen LogP) is 3.42. The lowest BCUT2D eigenvalue weighted by molar-refractivity contribution is 0.275. The fourth-order valence-corrected chi connectivity index (χ4v) is 4.37. The van der Waals surface area contributed by atoms with Gasteiger partial charge in [0.1, 0.15) is 0 Å². The first-order valence-electron chi connectivity index (χ1n) is 7.39. The SMILES string of the molecule is CCCC1CCC(CN)C(Sc2nccc(C)n2)C1. The maximum atomic E-state index is 5.94. The number of hydrogen-bond acceptors (Lipinski definition) is 4. The third-order valence-corrected chi connectivity index (χ3v) is 5.35. The van der Waals surface area contributed by atoms with Crippen molar-refractivity contribution in [1.29, 1.82) is 0 Å². The maximum absolute atomic E-state index is 5.94. The van der Waals surface area contributed by atoms with Gasteiger partial charge >= 0.3 is 0 Å². The van der Waals surface area contributed by atoms with Crippen LogP contribution in [0.25, 0.3) is 0 Å². The monoisotopic (exact) mass is 279 g/mol. The molecule has 1 heterocycles. The summed E-state index contributed by atoms with van der Waals surface area (Å²) in [4.78, 5) is 8.90. The van der Waals surface area contributed by atoms with E-state index >= 15 is 0 Å². The van der Waals surface area contributed by atoms with Crippen LogP contribution in [0.5, 0.6) is 0 Å². The fourth-order valence-electron chi connectivity index (χ4n) is 2.98. The van der Waals surface area contributed by atoms with E-state index in [9.17, 15) is 0 Å². The number of thioether (sulfide) groups is 1. The predicted molar refractivity (Wildman–Crippen MR) is 81.2 cm³/mol. The highest BCUT2D eigenvalue weighted by Crippen LogP contribution is 2.39. The molecule has 0 bridgehead atoms. The minimum Gasteiger partial charge on any atom is -0.330 e. The summed E-state index contributed by atoms with van der Waals surface area (Å²) in [7, 11) is 0. The van der Waals surface area contributed by atoms with Gasteiger partial charge in [-0.25, -0.2) is 9.97 Å². The molecule has 3 unspecified atom stereocenters. The molecule has 19 heavy (non-hydrogen) atoms.